The highest BCUT2D eigenvalue weighted by Gasteiger charge is 2.50. The number of nitrogens with two attached hydrogens (primary N) is 1. The van der Waals surface area contributed by atoms with Crippen LogP contribution in [0.1, 0.15) is 26.2 Å². The summed E-state index contributed by atoms with van der Waals surface area (Å²) >= 11 is 0. The van der Waals surface area contributed by atoms with E-state index in [1.807, 2.05) is 0 Å². The zero-order valence-corrected chi connectivity index (χ0v) is 6.48. The van der Waals surface area contributed by atoms with Crippen molar-refractivity contribution in [3.63, 3.8) is 0 Å². The largest absolute Gasteiger partial charge is 0.385 e. The van der Waals surface area contributed by atoms with E-state index < -0.39 is 17.6 Å². The van der Waals surface area contributed by atoms with Gasteiger partial charge in [0.15, 0.2) is 0 Å². The van der Waals surface area contributed by atoms with Crippen molar-refractivity contribution in [3.8, 4) is 0 Å². The second-order valence-corrected chi connectivity index (χ2v) is 3.52. The SMILES string of the molecule is C[C@@]1(N)CCCC(F)(F)[C@H]1O. The number of alkyl halides is 2. The van der Waals surface area contributed by atoms with Crippen molar-refractivity contribution in [2.24, 2.45) is 5.73 Å². The Morgan fingerprint density at radius 1 is 1.45 bits per heavy atom. The third-order valence-electron chi connectivity index (χ3n) is 2.25. The van der Waals surface area contributed by atoms with Gasteiger partial charge in [0, 0.05) is 12.0 Å². The molecule has 0 unspecified atom stereocenters. The smallest absolute Gasteiger partial charge is 0.275 e. The van der Waals surface area contributed by atoms with Gasteiger partial charge in [0.05, 0.1) is 0 Å². The van der Waals surface area contributed by atoms with E-state index in [-0.39, 0.29) is 6.42 Å². The minimum Gasteiger partial charge on any atom is -0.385 e. The van der Waals surface area contributed by atoms with Crippen LogP contribution in [-0.4, -0.2) is 22.7 Å². The highest BCUT2D eigenvalue weighted by molar-refractivity contribution is 4.99. The summed E-state index contributed by atoms with van der Waals surface area (Å²) in [6.45, 7) is 1.46. The maximum absolute atomic E-state index is 12.8. The highest BCUT2D eigenvalue weighted by Crippen LogP contribution is 2.37. The lowest BCUT2D eigenvalue weighted by Gasteiger charge is -2.39. The van der Waals surface area contributed by atoms with Crippen molar-refractivity contribution in [2.75, 3.05) is 0 Å². The Hall–Kier alpha value is -0.220. The summed E-state index contributed by atoms with van der Waals surface area (Å²) in [6.07, 6.45) is -1.09. The van der Waals surface area contributed by atoms with Gasteiger partial charge in [-0.2, -0.15) is 0 Å². The molecule has 11 heavy (non-hydrogen) atoms. The molecular weight excluding hydrogens is 152 g/mol. The van der Waals surface area contributed by atoms with Crippen LogP contribution >= 0.6 is 0 Å². The zero-order valence-electron chi connectivity index (χ0n) is 6.48. The highest BCUT2D eigenvalue weighted by atomic mass is 19.3. The monoisotopic (exact) mass is 165 g/mol. The van der Waals surface area contributed by atoms with Gasteiger partial charge in [0.2, 0.25) is 0 Å². The molecule has 2 nitrogen and oxygen atoms in total. The normalized spacial score (nSPS) is 43.9. The van der Waals surface area contributed by atoms with Gasteiger partial charge < -0.3 is 10.8 Å². The second-order valence-electron chi connectivity index (χ2n) is 3.52. The molecule has 0 spiro atoms. The lowest BCUT2D eigenvalue weighted by molar-refractivity contribution is -0.158. The fraction of sp³-hybridized carbons (Fsp3) is 1.00. The molecule has 4 heteroatoms. The summed E-state index contributed by atoms with van der Waals surface area (Å²) < 4.78 is 25.5. The molecule has 1 aliphatic rings. The molecule has 1 rings (SSSR count). The molecule has 1 aliphatic carbocycles. The Balaban J connectivity index is 2.76. The Kier molecular flexibility index (Phi) is 1.92. The zero-order chi connectivity index (χ0) is 8.70. The van der Waals surface area contributed by atoms with Gasteiger partial charge in [-0.1, -0.05) is 0 Å². The van der Waals surface area contributed by atoms with Crippen LogP contribution in [0.3, 0.4) is 0 Å². The van der Waals surface area contributed by atoms with Crippen molar-refractivity contribution in [1.29, 1.82) is 0 Å². The van der Waals surface area contributed by atoms with Gasteiger partial charge in [0.25, 0.3) is 5.92 Å². The van der Waals surface area contributed by atoms with Gasteiger partial charge in [0.1, 0.15) is 6.10 Å². The molecule has 0 heterocycles. The minimum absolute atomic E-state index is 0.249. The number of aliphatic hydroxyl groups is 1. The molecule has 0 aromatic rings. The van der Waals surface area contributed by atoms with Crippen LogP contribution < -0.4 is 5.73 Å². The van der Waals surface area contributed by atoms with Crippen molar-refractivity contribution in [3.05, 3.63) is 0 Å². The quantitative estimate of drug-likeness (QED) is 0.559. The predicted molar refractivity (Wildman–Crippen MR) is 37.4 cm³/mol. The minimum atomic E-state index is -3.00. The third-order valence-corrected chi connectivity index (χ3v) is 2.25. The summed E-state index contributed by atoms with van der Waals surface area (Å²) in [6, 6.07) is 0. The van der Waals surface area contributed by atoms with E-state index in [0.29, 0.717) is 12.8 Å². The first kappa shape index (κ1) is 8.87. The summed E-state index contributed by atoms with van der Waals surface area (Å²) in [7, 11) is 0. The summed E-state index contributed by atoms with van der Waals surface area (Å²) in [5.74, 6) is -3.00. The molecule has 0 radical (unpaired) electrons. The Labute approximate surface area is 64.4 Å². The summed E-state index contributed by atoms with van der Waals surface area (Å²) in [4.78, 5) is 0. The Morgan fingerprint density at radius 2 is 2.00 bits per heavy atom. The van der Waals surface area contributed by atoms with Crippen molar-refractivity contribution in [2.45, 2.75) is 43.8 Å². The van der Waals surface area contributed by atoms with Crippen LogP contribution in [0.5, 0.6) is 0 Å². The van der Waals surface area contributed by atoms with Gasteiger partial charge in [-0.25, -0.2) is 8.78 Å². The van der Waals surface area contributed by atoms with E-state index in [4.69, 9.17) is 10.8 Å². The molecule has 0 saturated heterocycles. The van der Waals surface area contributed by atoms with E-state index in [2.05, 4.69) is 0 Å². The first-order valence-corrected chi connectivity index (χ1v) is 3.71. The van der Waals surface area contributed by atoms with Gasteiger partial charge in [-0.15, -0.1) is 0 Å². The molecule has 1 saturated carbocycles. The maximum atomic E-state index is 12.8. The molecule has 66 valence electrons. The van der Waals surface area contributed by atoms with E-state index in [9.17, 15) is 8.78 Å². The molecule has 0 bridgehead atoms. The van der Waals surface area contributed by atoms with Gasteiger partial charge in [-0.05, 0) is 19.8 Å². The topological polar surface area (TPSA) is 46.2 Å². The Bertz CT molecular complexity index is 143. The number of hydrogen-bond acceptors (Lipinski definition) is 2. The molecule has 0 aliphatic heterocycles. The molecular formula is C7H13F2NO. The third kappa shape index (κ3) is 1.51. The first-order chi connectivity index (χ1) is 4.86. The van der Waals surface area contributed by atoms with E-state index in [1.54, 1.807) is 0 Å². The maximum Gasteiger partial charge on any atom is 0.275 e. The summed E-state index contributed by atoms with van der Waals surface area (Å²) in [5.41, 5.74) is 4.34. The molecule has 0 aromatic carbocycles. The predicted octanol–water partition coefficient (Wildman–Crippen LogP) is 0.884. The van der Waals surface area contributed by atoms with Gasteiger partial charge >= 0.3 is 0 Å². The average Bonchev–Trinajstić information content (AvgIpc) is 1.82. The molecule has 0 amide bonds. The standard InChI is InChI=1S/C7H13F2NO/c1-6(10)3-2-4-7(8,9)5(6)11/h5,11H,2-4,10H2,1H3/t5-,6+/m0/s1. The summed E-state index contributed by atoms with van der Waals surface area (Å²) in [5, 5.41) is 9.09. The Morgan fingerprint density at radius 3 is 2.36 bits per heavy atom. The molecule has 0 aromatic heterocycles. The average molecular weight is 165 g/mol. The van der Waals surface area contributed by atoms with Crippen LogP contribution in [0, 0.1) is 0 Å². The van der Waals surface area contributed by atoms with Crippen molar-refractivity contribution < 1.29 is 13.9 Å². The van der Waals surface area contributed by atoms with Crippen LogP contribution in [0.4, 0.5) is 8.78 Å². The fourth-order valence-electron chi connectivity index (χ4n) is 1.46. The van der Waals surface area contributed by atoms with Crippen molar-refractivity contribution in [1.82, 2.24) is 0 Å². The van der Waals surface area contributed by atoms with Gasteiger partial charge in [-0.3, -0.25) is 0 Å². The number of aliphatic hydroxyl groups excluding tert-OH is 1. The fourth-order valence-corrected chi connectivity index (χ4v) is 1.46. The lowest BCUT2D eigenvalue weighted by Crippen LogP contribution is -2.59. The van der Waals surface area contributed by atoms with Crippen LogP contribution in [-0.2, 0) is 0 Å². The number of hydrogen-bond donors (Lipinski definition) is 2. The van der Waals surface area contributed by atoms with Crippen LogP contribution in [0.25, 0.3) is 0 Å². The molecule has 3 N–H and O–H groups in total. The van der Waals surface area contributed by atoms with E-state index in [0.717, 1.165) is 0 Å². The van der Waals surface area contributed by atoms with E-state index in [1.165, 1.54) is 6.92 Å². The second kappa shape index (κ2) is 2.38. The first-order valence-electron chi connectivity index (χ1n) is 3.71. The lowest BCUT2D eigenvalue weighted by atomic mass is 9.79. The van der Waals surface area contributed by atoms with E-state index >= 15 is 0 Å². The van der Waals surface area contributed by atoms with Crippen LogP contribution in [0.15, 0.2) is 0 Å². The number of rotatable bonds is 0. The molecule has 2 atom stereocenters. The van der Waals surface area contributed by atoms with Crippen molar-refractivity contribution >= 4 is 0 Å². The number of halogens is 2. The molecule has 1 fully saturated rings. The van der Waals surface area contributed by atoms with Crippen LogP contribution in [0.2, 0.25) is 0 Å².